The van der Waals surface area contributed by atoms with Gasteiger partial charge in [-0.3, -0.25) is 9.11 Å². The molecule has 0 bridgehead atoms. The smallest absolute Gasteiger partial charge is 0.368 e. The van der Waals surface area contributed by atoms with Crippen molar-refractivity contribution in [2.45, 2.75) is 49.3 Å². The van der Waals surface area contributed by atoms with Crippen molar-refractivity contribution in [2.75, 3.05) is 11.5 Å². The second-order valence-electron chi connectivity index (χ2n) is 5.64. The Morgan fingerprint density at radius 2 is 0.706 bits per heavy atom. The Labute approximate surface area is 179 Å². The van der Waals surface area contributed by atoms with Gasteiger partial charge in [0.25, 0.3) is 20.2 Å². The lowest BCUT2D eigenvalue weighted by molar-refractivity contribution is -0.348. The molecule has 0 rings (SSSR count). The van der Waals surface area contributed by atoms with E-state index < -0.39 is 74.1 Å². The van der Waals surface area contributed by atoms with Crippen LogP contribution >= 0.6 is 0 Å². The molecule has 34 heavy (non-hydrogen) atoms. The highest BCUT2D eigenvalue weighted by Crippen LogP contribution is 2.47. The molecule has 4 N–H and O–H groups in total. The zero-order valence-corrected chi connectivity index (χ0v) is 17.2. The van der Waals surface area contributed by atoms with E-state index in [-0.39, 0.29) is 0 Å². The highest BCUT2D eigenvalue weighted by Gasteiger charge is 2.74. The van der Waals surface area contributed by atoms with Crippen LogP contribution in [0.15, 0.2) is 0 Å². The standard InChI is InChI=1S/2C4H3F7O3S.C2H6O2/c2*5-2(6,1-15(12,13)14)3(7,8)4(9,10)11;1-2(3)4/h2*1H2,(H,12,13,14);2-4H,1H3. The topological polar surface area (TPSA) is 149 Å². The van der Waals surface area contributed by atoms with E-state index in [4.69, 9.17) is 19.3 Å². The molecule has 210 valence electrons. The highest BCUT2D eigenvalue weighted by atomic mass is 32.2. The Balaban J connectivity index is -0.000000488. The first kappa shape index (κ1) is 37.3. The fraction of sp³-hybridized carbons (Fsp3) is 1.00. The van der Waals surface area contributed by atoms with Gasteiger partial charge in [0.05, 0.1) is 0 Å². The zero-order chi connectivity index (χ0) is 29.0. The third-order valence-electron chi connectivity index (χ3n) is 2.36. The van der Waals surface area contributed by atoms with Crippen LogP contribution in [0.5, 0.6) is 0 Å². The largest absolute Gasteiger partial charge is 0.459 e. The zero-order valence-electron chi connectivity index (χ0n) is 15.5. The summed E-state index contributed by atoms with van der Waals surface area (Å²) in [6.45, 7) is 1.28. The van der Waals surface area contributed by atoms with E-state index in [1.807, 2.05) is 0 Å². The van der Waals surface area contributed by atoms with Crippen molar-refractivity contribution in [3.05, 3.63) is 0 Å². The Bertz CT molecular complexity index is 774. The van der Waals surface area contributed by atoms with Crippen LogP contribution in [-0.2, 0) is 20.2 Å². The van der Waals surface area contributed by atoms with Gasteiger partial charge in [-0.25, -0.2) is 0 Å². The number of alkyl halides is 14. The third-order valence-corrected chi connectivity index (χ3v) is 3.81. The molecule has 0 aromatic carbocycles. The lowest BCUT2D eigenvalue weighted by Gasteiger charge is -2.26. The van der Waals surface area contributed by atoms with Gasteiger partial charge < -0.3 is 10.2 Å². The van der Waals surface area contributed by atoms with E-state index in [0.717, 1.165) is 0 Å². The number of rotatable bonds is 6. The summed E-state index contributed by atoms with van der Waals surface area (Å²) in [6.07, 6.45) is -14.4. The molecule has 0 aromatic rings. The van der Waals surface area contributed by atoms with Crippen molar-refractivity contribution in [2.24, 2.45) is 0 Å². The van der Waals surface area contributed by atoms with Crippen molar-refractivity contribution in [1.29, 1.82) is 0 Å². The maximum absolute atomic E-state index is 12.2. The van der Waals surface area contributed by atoms with E-state index in [1.54, 1.807) is 0 Å². The summed E-state index contributed by atoms with van der Waals surface area (Å²) in [5.74, 6) is -30.9. The summed E-state index contributed by atoms with van der Waals surface area (Å²) >= 11 is 0. The molecule has 0 aromatic heterocycles. The molecular formula is C10H12F14O8S2. The van der Waals surface area contributed by atoms with Crippen LogP contribution in [0.3, 0.4) is 0 Å². The number of hydrogen-bond donors (Lipinski definition) is 4. The van der Waals surface area contributed by atoms with Crippen LogP contribution in [0.25, 0.3) is 0 Å². The summed E-state index contributed by atoms with van der Waals surface area (Å²) < 4.78 is 220. The minimum absolute atomic E-state index is 1.17. The second-order valence-corrected chi connectivity index (χ2v) is 8.54. The summed E-state index contributed by atoms with van der Waals surface area (Å²) in [7, 11) is -11.3. The number of aliphatic hydroxyl groups is 2. The van der Waals surface area contributed by atoms with Gasteiger partial charge in [-0.15, -0.1) is 0 Å². The van der Waals surface area contributed by atoms with Gasteiger partial charge in [-0.2, -0.15) is 78.3 Å². The van der Waals surface area contributed by atoms with Crippen LogP contribution in [0.1, 0.15) is 6.92 Å². The Kier molecular flexibility index (Phi) is 12.3. The fourth-order valence-corrected chi connectivity index (χ4v) is 2.33. The van der Waals surface area contributed by atoms with Gasteiger partial charge >= 0.3 is 36.0 Å². The predicted molar refractivity (Wildman–Crippen MR) is 78.6 cm³/mol. The van der Waals surface area contributed by atoms with Crippen molar-refractivity contribution in [3.63, 3.8) is 0 Å². The average molecular weight is 590 g/mol. The van der Waals surface area contributed by atoms with Gasteiger partial charge in [0.1, 0.15) is 17.8 Å². The van der Waals surface area contributed by atoms with Crippen molar-refractivity contribution < 1.29 is 97.6 Å². The normalized spacial score (nSPS) is 14.7. The van der Waals surface area contributed by atoms with Gasteiger partial charge in [0, 0.05) is 0 Å². The average Bonchev–Trinajstić information content (AvgIpc) is 2.38. The molecule has 0 fully saturated rings. The maximum atomic E-state index is 12.2. The van der Waals surface area contributed by atoms with Crippen LogP contribution in [-0.4, -0.2) is 90.0 Å². The van der Waals surface area contributed by atoms with Gasteiger partial charge in [0.15, 0.2) is 0 Å². The molecule has 0 aliphatic rings. The molecule has 0 radical (unpaired) electrons. The molecule has 8 nitrogen and oxygen atoms in total. The molecule has 24 heteroatoms. The Hall–Kier alpha value is -1.24. The van der Waals surface area contributed by atoms with E-state index in [0.29, 0.717) is 0 Å². The quantitative estimate of drug-likeness (QED) is 0.210. The summed E-state index contributed by atoms with van der Waals surface area (Å²) in [4.78, 5) is 0. The minimum Gasteiger partial charge on any atom is -0.368 e. The number of halogens is 14. The van der Waals surface area contributed by atoms with Crippen molar-refractivity contribution in [1.82, 2.24) is 0 Å². The Morgan fingerprint density at radius 3 is 0.794 bits per heavy atom. The summed E-state index contributed by atoms with van der Waals surface area (Å²) in [5, 5.41) is 15.2. The van der Waals surface area contributed by atoms with E-state index in [9.17, 15) is 78.3 Å². The second kappa shape index (κ2) is 11.2. The molecule has 0 atom stereocenters. The molecule has 0 aliphatic heterocycles. The minimum atomic E-state index is -6.61. The Morgan fingerprint density at radius 1 is 0.559 bits per heavy atom. The first-order chi connectivity index (χ1) is 14.1. The van der Waals surface area contributed by atoms with Crippen molar-refractivity contribution >= 4 is 20.2 Å². The molecule has 0 amide bonds. The lowest BCUT2D eigenvalue weighted by Crippen LogP contribution is -2.55. The van der Waals surface area contributed by atoms with Gasteiger partial charge in [-0.1, -0.05) is 0 Å². The number of hydrogen-bond acceptors (Lipinski definition) is 6. The molecule has 0 aliphatic carbocycles. The SMILES string of the molecule is CC(O)O.O=S(=O)(O)CC(F)(F)C(F)(F)C(F)(F)F.O=S(=O)(O)CC(F)(F)C(F)(F)C(F)(F)F. The monoisotopic (exact) mass is 590 g/mol. The van der Waals surface area contributed by atoms with E-state index >= 15 is 0 Å². The predicted octanol–water partition coefficient (Wildman–Crippen LogP) is 2.73. The summed E-state index contributed by atoms with van der Waals surface area (Å²) in [6, 6.07) is 0. The van der Waals surface area contributed by atoms with Crippen LogP contribution < -0.4 is 0 Å². The first-order valence-electron chi connectivity index (χ1n) is 7.06. The maximum Gasteiger partial charge on any atom is 0.459 e. The molecule has 0 spiro atoms. The van der Waals surface area contributed by atoms with Crippen LogP contribution in [0.4, 0.5) is 61.5 Å². The highest BCUT2D eigenvalue weighted by molar-refractivity contribution is 7.86. The summed E-state index contributed by atoms with van der Waals surface area (Å²) in [5.41, 5.74) is 0. The van der Waals surface area contributed by atoms with Gasteiger partial charge in [-0.05, 0) is 6.92 Å². The van der Waals surface area contributed by atoms with Crippen LogP contribution in [0.2, 0.25) is 0 Å². The fourth-order valence-electron chi connectivity index (χ4n) is 1.05. The number of aliphatic hydroxyl groups excluding tert-OH is 1. The van der Waals surface area contributed by atoms with E-state index in [2.05, 4.69) is 0 Å². The molecule has 0 saturated carbocycles. The van der Waals surface area contributed by atoms with Gasteiger partial charge in [0.2, 0.25) is 0 Å². The first-order valence-corrected chi connectivity index (χ1v) is 10.3. The van der Waals surface area contributed by atoms with Crippen LogP contribution in [0, 0.1) is 0 Å². The molecular weight excluding hydrogens is 578 g/mol. The molecule has 0 heterocycles. The molecule has 0 unspecified atom stereocenters. The van der Waals surface area contributed by atoms with E-state index in [1.165, 1.54) is 6.92 Å². The molecule has 0 saturated heterocycles. The third kappa shape index (κ3) is 12.5. The van der Waals surface area contributed by atoms with Crippen molar-refractivity contribution in [3.8, 4) is 0 Å². The lowest BCUT2D eigenvalue weighted by atomic mass is 10.2.